The number of ketones is 1. The Morgan fingerprint density at radius 2 is 1.12 bits per heavy atom. The largest absolute Gasteiger partial charge is 0.478 e. The highest BCUT2D eigenvalue weighted by Gasteiger charge is 2.41. The maximum atomic E-state index is 12.6. The maximum absolute atomic E-state index is 12.6. The number of fused-ring (bicyclic) bond motifs is 2. The van der Waals surface area contributed by atoms with E-state index < -0.39 is 17.7 Å². The summed E-state index contributed by atoms with van der Waals surface area (Å²) < 4.78 is 14.9. The molecule has 1 saturated heterocycles. The van der Waals surface area contributed by atoms with E-state index in [1.807, 2.05) is 13.8 Å². The van der Waals surface area contributed by atoms with Crippen molar-refractivity contribution in [3.8, 4) is 0 Å². The van der Waals surface area contributed by atoms with Crippen LogP contribution in [0, 0.1) is 0 Å². The molecule has 2 saturated carbocycles. The van der Waals surface area contributed by atoms with Gasteiger partial charge in [-0.2, -0.15) is 0 Å². The molecule has 0 atom stereocenters. The van der Waals surface area contributed by atoms with Gasteiger partial charge >= 0.3 is 11.9 Å². The lowest BCUT2D eigenvalue weighted by Crippen LogP contribution is -2.35. The summed E-state index contributed by atoms with van der Waals surface area (Å²) in [5.74, 6) is -1.78. The highest BCUT2D eigenvalue weighted by molar-refractivity contribution is 5.95. The molecule has 7 rings (SSSR count). The zero-order valence-corrected chi connectivity index (χ0v) is 27.9. The fourth-order valence-corrected chi connectivity index (χ4v) is 7.82. The monoisotopic (exact) mass is 670 g/mol. The van der Waals surface area contributed by atoms with Crippen molar-refractivity contribution in [1.29, 1.82) is 0 Å². The van der Waals surface area contributed by atoms with Crippen LogP contribution in [-0.4, -0.2) is 56.1 Å². The Morgan fingerprint density at radius 1 is 0.694 bits per heavy atom. The number of hydrogen-bond donors (Lipinski definition) is 2. The molecule has 0 unspecified atom stereocenters. The van der Waals surface area contributed by atoms with E-state index in [9.17, 15) is 34.2 Å². The van der Waals surface area contributed by atoms with E-state index in [4.69, 9.17) is 9.47 Å². The summed E-state index contributed by atoms with van der Waals surface area (Å²) in [6.07, 6.45) is 5.83. The number of hydrogen-bond acceptors (Lipinski definition) is 7. The number of ether oxygens (including phenoxy) is 2. The van der Waals surface area contributed by atoms with Crippen LogP contribution in [-0.2, 0) is 27.4 Å². The molecule has 2 N–H and O–H groups in total. The van der Waals surface area contributed by atoms with Crippen molar-refractivity contribution in [2.45, 2.75) is 95.9 Å². The highest BCUT2D eigenvalue weighted by Crippen LogP contribution is 2.43. The van der Waals surface area contributed by atoms with Crippen LogP contribution in [0.25, 0.3) is 21.8 Å². The number of nitrogens with zero attached hydrogens (tertiary/aromatic N) is 2. The molecule has 2 aromatic carbocycles. The quantitative estimate of drug-likeness (QED) is 0.249. The molecule has 0 bridgehead atoms. The Balaban J connectivity index is 0.000000171. The first kappa shape index (κ1) is 34.3. The number of carbonyl (C=O) groups is 3. The SMILES string of the molecule is CCn1c(=O)cc(C2CCC(=O)CC2)c2cc(C(=O)O)ccc21.CCn1c(=O)cc(C2CCC3(CC2)OCCO3)c2cc(C(=O)O)ccc21. The number of pyridine rings is 2. The minimum Gasteiger partial charge on any atom is -0.478 e. The Labute approximate surface area is 283 Å². The summed E-state index contributed by atoms with van der Waals surface area (Å²) >= 11 is 0. The first-order valence-corrected chi connectivity index (χ1v) is 17.1. The van der Waals surface area contributed by atoms with Crippen molar-refractivity contribution in [3.05, 3.63) is 91.5 Å². The van der Waals surface area contributed by atoms with E-state index in [1.54, 1.807) is 51.6 Å². The molecule has 1 spiro atoms. The van der Waals surface area contributed by atoms with Crippen LogP contribution in [0.5, 0.6) is 0 Å². The number of carboxylic acids is 2. The smallest absolute Gasteiger partial charge is 0.335 e. The van der Waals surface area contributed by atoms with Gasteiger partial charge in [0.15, 0.2) is 5.79 Å². The van der Waals surface area contributed by atoms with Crippen molar-refractivity contribution < 1.29 is 34.1 Å². The van der Waals surface area contributed by atoms with Crippen LogP contribution in [0.3, 0.4) is 0 Å². The van der Waals surface area contributed by atoms with Crippen LogP contribution in [0.4, 0.5) is 0 Å². The number of aryl methyl sites for hydroxylation is 2. The summed E-state index contributed by atoms with van der Waals surface area (Å²) in [5, 5.41) is 20.3. The summed E-state index contributed by atoms with van der Waals surface area (Å²) in [6.45, 7) is 6.18. The summed E-state index contributed by atoms with van der Waals surface area (Å²) in [5.41, 5.74) is 3.74. The van der Waals surface area contributed by atoms with E-state index in [0.29, 0.717) is 39.1 Å². The molecular weight excluding hydrogens is 628 g/mol. The normalized spacial score (nSPS) is 18.1. The van der Waals surface area contributed by atoms with Gasteiger partial charge in [-0.3, -0.25) is 14.4 Å². The van der Waals surface area contributed by atoms with Crippen LogP contribution < -0.4 is 11.1 Å². The molecule has 3 heterocycles. The van der Waals surface area contributed by atoms with E-state index in [-0.39, 0.29) is 39.9 Å². The lowest BCUT2D eigenvalue weighted by molar-refractivity contribution is -0.178. The molecule has 11 heteroatoms. The van der Waals surface area contributed by atoms with Crippen LogP contribution >= 0.6 is 0 Å². The Hall–Kier alpha value is -4.61. The number of carbonyl (C=O) groups excluding carboxylic acids is 1. The Morgan fingerprint density at radius 3 is 1.53 bits per heavy atom. The van der Waals surface area contributed by atoms with Gasteiger partial charge in [-0.15, -0.1) is 0 Å². The van der Waals surface area contributed by atoms with Gasteiger partial charge in [0.25, 0.3) is 11.1 Å². The van der Waals surface area contributed by atoms with Crippen molar-refractivity contribution >= 4 is 39.5 Å². The molecule has 4 aromatic rings. The van der Waals surface area contributed by atoms with Crippen LogP contribution in [0.2, 0.25) is 0 Å². The zero-order valence-electron chi connectivity index (χ0n) is 27.9. The standard InChI is InChI=1S/C20H23NO5.C18H19NO4/c1-2-21-17-4-3-14(19(23)24)11-16(17)15(12-18(21)22)13-5-7-20(8-6-13)25-9-10-26-20;1-2-19-16-8-5-12(18(22)23)9-15(16)14(10-17(19)21)11-3-6-13(20)7-4-11/h3-4,11-13H,2,5-10H2,1H3,(H,23,24);5,8-11H,2-4,6-7H2,1H3,(H,22,23). The molecule has 11 nitrogen and oxygen atoms in total. The fourth-order valence-electron chi connectivity index (χ4n) is 7.82. The molecule has 0 radical (unpaired) electrons. The topological polar surface area (TPSA) is 154 Å². The average molecular weight is 671 g/mol. The first-order chi connectivity index (χ1) is 23.5. The van der Waals surface area contributed by atoms with Gasteiger partial charge in [-0.05, 0) is 98.9 Å². The minimum atomic E-state index is -0.981. The number of rotatable bonds is 6. The van der Waals surface area contributed by atoms with E-state index >= 15 is 0 Å². The van der Waals surface area contributed by atoms with E-state index in [0.717, 1.165) is 71.5 Å². The minimum absolute atomic E-state index is 0.0354. The fraction of sp³-hybridized carbons (Fsp3) is 0.447. The van der Waals surface area contributed by atoms with Gasteiger partial charge in [-0.25, -0.2) is 9.59 Å². The second-order valence-electron chi connectivity index (χ2n) is 13.1. The summed E-state index contributed by atoms with van der Waals surface area (Å²) in [4.78, 5) is 59.2. The number of carboxylic acid groups (broad SMARTS) is 2. The predicted octanol–water partition coefficient (Wildman–Crippen LogP) is 6.07. The second-order valence-corrected chi connectivity index (χ2v) is 13.1. The van der Waals surface area contributed by atoms with Gasteiger partial charge < -0.3 is 28.8 Å². The lowest BCUT2D eigenvalue weighted by Gasteiger charge is -2.36. The van der Waals surface area contributed by atoms with E-state index in [2.05, 4.69) is 0 Å². The molecule has 1 aliphatic heterocycles. The Kier molecular flexibility index (Phi) is 9.85. The molecule has 3 fully saturated rings. The van der Waals surface area contributed by atoms with Crippen LogP contribution in [0.1, 0.15) is 109 Å². The van der Waals surface area contributed by atoms with Crippen molar-refractivity contribution in [2.75, 3.05) is 13.2 Å². The summed E-state index contributed by atoms with van der Waals surface area (Å²) in [7, 11) is 0. The second kappa shape index (κ2) is 14.1. The molecule has 2 aliphatic carbocycles. The molecule has 49 heavy (non-hydrogen) atoms. The number of Topliss-reactive ketones (excluding diaryl/α,β-unsaturated/α-hetero) is 1. The van der Waals surface area contributed by atoms with Gasteiger partial charge in [0.1, 0.15) is 5.78 Å². The van der Waals surface area contributed by atoms with E-state index in [1.165, 1.54) is 6.07 Å². The zero-order chi connectivity index (χ0) is 34.9. The Bertz CT molecular complexity index is 2030. The first-order valence-electron chi connectivity index (χ1n) is 17.1. The van der Waals surface area contributed by atoms with Gasteiger partial charge in [0, 0.05) is 61.7 Å². The maximum Gasteiger partial charge on any atom is 0.335 e. The molecule has 3 aliphatic rings. The van der Waals surface area contributed by atoms with Gasteiger partial charge in [0.2, 0.25) is 0 Å². The third-order valence-corrected chi connectivity index (χ3v) is 10.4. The van der Waals surface area contributed by atoms with Gasteiger partial charge in [0.05, 0.1) is 35.4 Å². The van der Waals surface area contributed by atoms with Gasteiger partial charge in [-0.1, -0.05) is 0 Å². The third-order valence-electron chi connectivity index (χ3n) is 10.4. The molecule has 2 aromatic heterocycles. The van der Waals surface area contributed by atoms with Crippen molar-refractivity contribution in [2.24, 2.45) is 0 Å². The molecular formula is C38H42N2O9. The number of benzene rings is 2. The number of aromatic carboxylic acids is 2. The molecule has 0 amide bonds. The number of aromatic nitrogens is 2. The average Bonchev–Trinajstić information content (AvgIpc) is 3.56. The lowest BCUT2D eigenvalue weighted by atomic mass is 9.80. The van der Waals surface area contributed by atoms with Crippen LogP contribution in [0.15, 0.2) is 58.1 Å². The van der Waals surface area contributed by atoms with Crippen molar-refractivity contribution in [1.82, 2.24) is 9.13 Å². The summed E-state index contributed by atoms with van der Waals surface area (Å²) in [6, 6.07) is 13.2. The van der Waals surface area contributed by atoms with Crippen molar-refractivity contribution in [3.63, 3.8) is 0 Å². The molecule has 258 valence electrons. The highest BCUT2D eigenvalue weighted by atomic mass is 16.7. The predicted molar refractivity (Wildman–Crippen MR) is 184 cm³/mol. The third kappa shape index (κ3) is 6.82.